The van der Waals surface area contributed by atoms with E-state index in [0.29, 0.717) is 10.9 Å². The van der Waals surface area contributed by atoms with Crippen LogP contribution in [-0.2, 0) is 7.05 Å². The smallest absolute Gasteiger partial charge is 0.170 e. The first-order chi connectivity index (χ1) is 6.24. The quantitative estimate of drug-likeness (QED) is 0.610. The lowest BCUT2D eigenvalue weighted by molar-refractivity contribution is 0.625. The molecule has 0 amide bonds. The summed E-state index contributed by atoms with van der Waals surface area (Å²) in [6.07, 6.45) is 0. The van der Waals surface area contributed by atoms with Gasteiger partial charge in [0, 0.05) is 12.4 Å². The average molecular weight is 175 g/mol. The highest BCUT2D eigenvalue weighted by Crippen LogP contribution is 2.19. The van der Waals surface area contributed by atoms with Crippen LogP contribution in [0.25, 0.3) is 10.9 Å². The molecule has 0 aliphatic rings. The molecule has 0 atom stereocenters. The van der Waals surface area contributed by atoms with E-state index < -0.39 is 0 Å². The number of aryl methyl sites for hydroxylation is 1. The lowest BCUT2D eigenvalue weighted by Crippen LogP contribution is -1.91. The maximum atomic E-state index is 13.2. The molecule has 0 unspecified atom stereocenters. The summed E-state index contributed by atoms with van der Waals surface area (Å²) < 4.78 is 14.6. The molecule has 0 aliphatic heterocycles. The van der Waals surface area contributed by atoms with Gasteiger partial charge in [-0.3, -0.25) is 4.68 Å². The Bertz CT molecular complexity index is 507. The summed E-state index contributed by atoms with van der Waals surface area (Å²) in [7, 11) is 1.62. The largest absolute Gasteiger partial charge is 0.264 e. The van der Waals surface area contributed by atoms with E-state index >= 15 is 0 Å². The monoisotopic (exact) mass is 175 g/mol. The van der Waals surface area contributed by atoms with Gasteiger partial charge in [0.15, 0.2) is 5.69 Å². The summed E-state index contributed by atoms with van der Waals surface area (Å²) in [5.41, 5.74) is 0.635. The first kappa shape index (κ1) is 7.74. The number of benzene rings is 1. The second-order valence-electron chi connectivity index (χ2n) is 2.72. The first-order valence-corrected chi connectivity index (χ1v) is 3.75. The van der Waals surface area contributed by atoms with E-state index in [9.17, 15) is 4.39 Å². The van der Waals surface area contributed by atoms with Gasteiger partial charge in [-0.25, -0.2) is 4.39 Å². The third-order valence-corrected chi connectivity index (χ3v) is 1.92. The highest BCUT2D eigenvalue weighted by Gasteiger charge is 2.10. The van der Waals surface area contributed by atoms with Gasteiger partial charge >= 0.3 is 0 Å². The van der Waals surface area contributed by atoms with E-state index in [1.165, 1.54) is 10.7 Å². The van der Waals surface area contributed by atoms with Crippen molar-refractivity contribution in [3.8, 4) is 6.07 Å². The van der Waals surface area contributed by atoms with Gasteiger partial charge < -0.3 is 0 Å². The van der Waals surface area contributed by atoms with Crippen molar-refractivity contribution in [2.45, 2.75) is 0 Å². The van der Waals surface area contributed by atoms with Crippen LogP contribution in [0.1, 0.15) is 5.69 Å². The van der Waals surface area contributed by atoms with Crippen molar-refractivity contribution in [1.82, 2.24) is 9.78 Å². The molecule has 0 spiro atoms. The van der Waals surface area contributed by atoms with E-state index in [4.69, 9.17) is 5.26 Å². The van der Waals surface area contributed by atoms with Crippen LogP contribution >= 0.6 is 0 Å². The van der Waals surface area contributed by atoms with Crippen LogP contribution < -0.4 is 0 Å². The number of fused-ring (bicyclic) bond motifs is 1. The van der Waals surface area contributed by atoms with Gasteiger partial charge in [-0.1, -0.05) is 6.07 Å². The SMILES string of the molecule is Cn1nc(C#N)c2cccc(F)c21. The number of rotatable bonds is 0. The minimum absolute atomic E-state index is 0.261. The number of nitriles is 1. The molecular weight excluding hydrogens is 169 g/mol. The van der Waals surface area contributed by atoms with Crippen molar-refractivity contribution in [3.63, 3.8) is 0 Å². The third-order valence-electron chi connectivity index (χ3n) is 1.92. The summed E-state index contributed by atoms with van der Waals surface area (Å²) in [5.74, 6) is -0.353. The van der Waals surface area contributed by atoms with Crippen molar-refractivity contribution in [2.75, 3.05) is 0 Å². The Morgan fingerprint density at radius 3 is 3.00 bits per heavy atom. The molecule has 1 aromatic carbocycles. The zero-order valence-corrected chi connectivity index (χ0v) is 6.95. The molecule has 2 aromatic rings. The Balaban J connectivity index is 2.98. The Morgan fingerprint density at radius 1 is 1.54 bits per heavy atom. The van der Waals surface area contributed by atoms with Crippen molar-refractivity contribution < 1.29 is 4.39 Å². The molecule has 0 saturated heterocycles. The number of para-hydroxylation sites is 1. The summed E-state index contributed by atoms with van der Waals surface area (Å²) >= 11 is 0. The number of hydrogen-bond donors (Lipinski definition) is 0. The highest BCUT2D eigenvalue weighted by atomic mass is 19.1. The molecule has 0 N–H and O–H groups in total. The molecule has 13 heavy (non-hydrogen) atoms. The Labute approximate surface area is 74.0 Å². The number of nitrogens with zero attached hydrogens (tertiary/aromatic N) is 3. The summed E-state index contributed by atoms with van der Waals surface area (Å²) in [5, 5.41) is 13.1. The molecule has 0 bridgehead atoms. The standard InChI is InChI=1S/C9H6FN3/c1-13-9-6(8(5-11)12-13)3-2-4-7(9)10/h2-4H,1H3. The lowest BCUT2D eigenvalue weighted by Gasteiger charge is -1.93. The van der Waals surface area contributed by atoms with E-state index in [1.54, 1.807) is 19.2 Å². The van der Waals surface area contributed by atoms with Gasteiger partial charge in [0.25, 0.3) is 0 Å². The van der Waals surface area contributed by atoms with Crippen LogP contribution in [0.2, 0.25) is 0 Å². The molecule has 0 aliphatic carbocycles. The number of aromatic nitrogens is 2. The molecule has 64 valence electrons. The lowest BCUT2D eigenvalue weighted by atomic mass is 10.2. The fourth-order valence-corrected chi connectivity index (χ4v) is 1.37. The molecule has 2 rings (SSSR count). The summed E-state index contributed by atoms with van der Waals surface area (Å²) in [6.45, 7) is 0. The second kappa shape index (κ2) is 2.56. The Hall–Kier alpha value is -1.89. The zero-order valence-electron chi connectivity index (χ0n) is 6.95. The van der Waals surface area contributed by atoms with Gasteiger partial charge in [-0.05, 0) is 12.1 Å². The molecular formula is C9H6FN3. The van der Waals surface area contributed by atoms with Gasteiger partial charge in [-0.2, -0.15) is 10.4 Å². The zero-order chi connectivity index (χ0) is 9.42. The number of hydrogen-bond acceptors (Lipinski definition) is 2. The maximum absolute atomic E-state index is 13.2. The molecule has 0 saturated carbocycles. The van der Waals surface area contributed by atoms with Gasteiger partial charge in [-0.15, -0.1) is 0 Å². The van der Waals surface area contributed by atoms with E-state index in [0.717, 1.165) is 0 Å². The normalized spacial score (nSPS) is 10.2. The molecule has 1 heterocycles. The highest BCUT2D eigenvalue weighted by molar-refractivity contribution is 5.84. The molecule has 4 heteroatoms. The third kappa shape index (κ3) is 0.975. The molecule has 3 nitrogen and oxygen atoms in total. The summed E-state index contributed by atoms with van der Waals surface area (Å²) in [6, 6.07) is 6.53. The van der Waals surface area contributed by atoms with Crippen LogP contribution in [0.5, 0.6) is 0 Å². The Kier molecular flexibility index (Phi) is 1.52. The Morgan fingerprint density at radius 2 is 2.31 bits per heavy atom. The minimum Gasteiger partial charge on any atom is -0.264 e. The van der Waals surface area contributed by atoms with Gasteiger partial charge in [0.05, 0.1) is 0 Å². The molecule has 0 fully saturated rings. The van der Waals surface area contributed by atoms with Crippen LogP contribution in [0, 0.1) is 17.1 Å². The summed E-state index contributed by atoms with van der Waals surface area (Å²) in [4.78, 5) is 0. The fourth-order valence-electron chi connectivity index (χ4n) is 1.37. The van der Waals surface area contributed by atoms with Crippen molar-refractivity contribution in [2.24, 2.45) is 7.05 Å². The van der Waals surface area contributed by atoms with E-state index in [-0.39, 0.29) is 11.5 Å². The van der Waals surface area contributed by atoms with Crippen molar-refractivity contribution in [3.05, 3.63) is 29.7 Å². The van der Waals surface area contributed by atoms with Crippen LogP contribution in [0.4, 0.5) is 4.39 Å². The molecule has 1 aromatic heterocycles. The van der Waals surface area contributed by atoms with E-state index in [2.05, 4.69) is 5.10 Å². The predicted octanol–water partition coefficient (Wildman–Crippen LogP) is 1.58. The minimum atomic E-state index is -0.353. The van der Waals surface area contributed by atoms with Gasteiger partial charge in [0.2, 0.25) is 0 Å². The van der Waals surface area contributed by atoms with Crippen LogP contribution in [0.15, 0.2) is 18.2 Å². The van der Waals surface area contributed by atoms with Crippen molar-refractivity contribution >= 4 is 10.9 Å². The molecule has 0 radical (unpaired) electrons. The van der Waals surface area contributed by atoms with Crippen molar-refractivity contribution in [1.29, 1.82) is 5.26 Å². The fraction of sp³-hybridized carbons (Fsp3) is 0.111. The topological polar surface area (TPSA) is 41.6 Å². The number of halogens is 1. The van der Waals surface area contributed by atoms with Crippen LogP contribution in [-0.4, -0.2) is 9.78 Å². The maximum Gasteiger partial charge on any atom is 0.170 e. The average Bonchev–Trinajstić information content (AvgIpc) is 2.44. The van der Waals surface area contributed by atoms with Crippen LogP contribution in [0.3, 0.4) is 0 Å². The second-order valence-corrected chi connectivity index (χ2v) is 2.72. The first-order valence-electron chi connectivity index (χ1n) is 3.75. The predicted molar refractivity (Wildman–Crippen MR) is 45.4 cm³/mol. The van der Waals surface area contributed by atoms with Gasteiger partial charge in [0.1, 0.15) is 17.4 Å². The van der Waals surface area contributed by atoms with E-state index in [1.807, 2.05) is 6.07 Å².